The van der Waals surface area contributed by atoms with Crippen LogP contribution in [0.15, 0.2) is 107 Å². The molecule has 0 unspecified atom stereocenters. The highest BCUT2D eigenvalue weighted by atomic mass is 32.2. The molecule has 1 heterocycles. The first-order chi connectivity index (χ1) is 20.6. The molecule has 2 N–H and O–H groups in total. The molecule has 1 aromatic heterocycles. The Labute approximate surface area is 250 Å². The standard InChI is InChI=1S/C33H35N7OS/c1-4-39(5-2)27-20-18-25(19-21-27)22-35-37-32(41)24(3)42-33-38-36-31(40(33)28-14-7-6-8-15-28)23-34-30-17-11-13-26-12-9-10-16-29(26)30/h6-22,24,34H,4-5,23H2,1-3H3,(H,37,41)/t24-/m0/s1. The van der Waals surface area contributed by atoms with Crippen molar-refractivity contribution < 1.29 is 4.79 Å². The monoisotopic (exact) mass is 577 g/mol. The fourth-order valence-corrected chi connectivity index (χ4v) is 5.59. The number of amides is 1. The van der Waals surface area contributed by atoms with Gasteiger partial charge in [-0.1, -0.05) is 78.5 Å². The summed E-state index contributed by atoms with van der Waals surface area (Å²) in [4.78, 5) is 15.2. The van der Waals surface area contributed by atoms with E-state index in [-0.39, 0.29) is 5.91 Å². The highest BCUT2D eigenvalue weighted by Gasteiger charge is 2.21. The lowest BCUT2D eigenvalue weighted by atomic mass is 10.1. The molecule has 0 saturated heterocycles. The third-order valence-corrected chi connectivity index (χ3v) is 8.05. The van der Waals surface area contributed by atoms with Crippen LogP contribution in [0.1, 0.15) is 32.2 Å². The number of nitrogens with one attached hydrogen (secondary N) is 2. The van der Waals surface area contributed by atoms with Gasteiger partial charge in [0.25, 0.3) is 5.91 Å². The summed E-state index contributed by atoms with van der Waals surface area (Å²) in [6, 6.07) is 32.5. The second-order valence-corrected chi connectivity index (χ2v) is 11.0. The topological polar surface area (TPSA) is 87.4 Å². The Morgan fingerprint density at radius 2 is 1.64 bits per heavy atom. The first-order valence-electron chi connectivity index (χ1n) is 14.1. The number of carbonyl (C=O) groups is 1. The Bertz CT molecular complexity index is 1640. The SMILES string of the molecule is CCN(CC)c1ccc(C=NNC(=O)[C@H](C)Sc2nnc(CNc3cccc4ccccc34)n2-c2ccccc2)cc1. The molecule has 1 atom stereocenters. The number of aromatic nitrogens is 3. The van der Waals surface area contributed by atoms with Crippen LogP contribution >= 0.6 is 11.8 Å². The van der Waals surface area contributed by atoms with Gasteiger partial charge in [0.15, 0.2) is 11.0 Å². The van der Waals surface area contributed by atoms with Gasteiger partial charge in [-0.05, 0) is 62.1 Å². The molecular formula is C33H35N7OS. The number of thioether (sulfide) groups is 1. The summed E-state index contributed by atoms with van der Waals surface area (Å²) in [5.74, 6) is 0.532. The fourth-order valence-electron chi connectivity index (χ4n) is 4.71. The molecule has 0 saturated carbocycles. The molecule has 4 aromatic carbocycles. The quantitative estimate of drug-likeness (QED) is 0.0999. The zero-order valence-corrected chi connectivity index (χ0v) is 24.9. The van der Waals surface area contributed by atoms with E-state index in [4.69, 9.17) is 0 Å². The number of para-hydroxylation sites is 1. The zero-order valence-electron chi connectivity index (χ0n) is 24.1. The lowest BCUT2D eigenvalue weighted by molar-refractivity contribution is -0.120. The van der Waals surface area contributed by atoms with Crippen LogP contribution in [0.2, 0.25) is 0 Å². The number of benzene rings is 4. The first kappa shape index (κ1) is 28.9. The lowest BCUT2D eigenvalue weighted by Gasteiger charge is -2.20. The van der Waals surface area contributed by atoms with Crippen molar-refractivity contribution in [2.45, 2.75) is 37.7 Å². The molecule has 0 fully saturated rings. The summed E-state index contributed by atoms with van der Waals surface area (Å²) >= 11 is 1.34. The molecule has 8 nitrogen and oxygen atoms in total. The molecule has 5 aromatic rings. The van der Waals surface area contributed by atoms with Crippen molar-refractivity contribution in [2.24, 2.45) is 5.10 Å². The number of anilines is 2. The Morgan fingerprint density at radius 3 is 2.40 bits per heavy atom. The molecule has 0 aliphatic carbocycles. The summed E-state index contributed by atoms with van der Waals surface area (Å²) in [6.45, 7) is 8.49. The van der Waals surface area contributed by atoms with Crippen LogP contribution in [-0.4, -0.2) is 45.2 Å². The Morgan fingerprint density at radius 1 is 0.929 bits per heavy atom. The van der Waals surface area contributed by atoms with Gasteiger partial charge in [-0.2, -0.15) is 5.10 Å². The smallest absolute Gasteiger partial charge is 0.253 e. The van der Waals surface area contributed by atoms with Crippen molar-refractivity contribution in [1.29, 1.82) is 0 Å². The predicted molar refractivity (Wildman–Crippen MR) is 174 cm³/mol. The van der Waals surface area contributed by atoms with E-state index in [1.807, 2.05) is 72.2 Å². The van der Waals surface area contributed by atoms with Crippen LogP contribution in [0.4, 0.5) is 11.4 Å². The average Bonchev–Trinajstić information content (AvgIpc) is 3.43. The average molecular weight is 578 g/mol. The van der Waals surface area contributed by atoms with Crippen LogP contribution in [0.5, 0.6) is 0 Å². The van der Waals surface area contributed by atoms with Crippen molar-refractivity contribution in [3.63, 3.8) is 0 Å². The number of rotatable bonds is 12. The highest BCUT2D eigenvalue weighted by Crippen LogP contribution is 2.28. The van der Waals surface area contributed by atoms with E-state index in [0.29, 0.717) is 11.7 Å². The van der Waals surface area contributed by atoms with Gasteiger partial charge >= 0.3 is 0 Å². The molecule has 0 radical (unpaired) electrons. The molecule has 5 rings (SSSR count). The summed E-state index contributed by atoms with van der Waals surface area (Å²) in [6.07, 6.45) is 1.66. The minimum absolute atomic E-state index is 0.214. The minimum atomic E-state index is -0.447. The number of nitrogens with zero attached hydrogens (tertiary/aromatic N) is 5. The normalized spacial score (nSPS) is 12.0. The minimum Gasteiger partial charge on any atom is -0.377 e. The van der Waals surface area contributed by atoms with Gasteiger partial charge in [0.2, 0.25) is 0 Å². The summed E-state index contributed by atoms with van der Waals surface area (Å²) in [5, 5.41) is 19.2. The van der Waals surface area contributed by atoms with Gasteiger partial charge in [0.1, 0.15) is 0 Å². The van der Waals surface area contributed by atoms with Crippen molar-refractivity contribution in [3.8, 4) is 5.69 Å². The molecule has 0 spiro atoms. The Balaban J connectivity index is 1.27. The van der Waals surface area contributed by atoms with Crippen molar-refractivity contribution in [3.05, 3.63) is 108 Å². The van der Waals surface area contributed by atoms with Crippen LogP contribution in [0.3, 0.4) is 0 Å². The molecule has 0 aliphatic heterocycles. The van der Waals surface area contributed by atoms with E-state index in [2.05, 4.69) is 81.2 Å². The van der Waals surface area contributed by atoms with Crippen LogP contribution < -0.4 is 15.6 Å². The van der Waals surface area contributed by atoms with E-state index >= 15 is 0 Å². The van der Waals surface area contributed by atoms with Gasteiger partial charge in [-0.15, -0.1) is 10.2 Å². The van der Waals surface area contributed by atoms with Gasteiger partial charge in [-0.3, -0.25) is 9.36 Å². The van der Waals surface area contributed by atoms with Crippen molar-refractivity contribution in [1.82, 2.24) is 20.2 Å². The maximum atomic E-state index is 12.9. The second-order valence-electron chi connectivity index (χ2n) is 9.71. The van der Waals surface area contributed by atoms with E-state index in [0.717, 1.165) is 41.2 Å². The zero-order chi connectivity index (χ0) is 29.3. The van der Waals surface area contributed by atoms with Crippen LogP contribution in [-0.2, 0) is 11.3 Å². The largest absolute Gasteiger partial charge is 0.377 e. The van der Waals surface area contributed by atoms with E-state index < -0.39 is 5.25 Å². The van der Waals surface area contributed by atoms with Gasteiger partial charge < -0.3 is 10.2 Å². The maximum absolute atomic E-state index is 12.9. The van der Waals surface area contributed by atoms with Crippen molar-refractivity contribution in [2.75, 3.05) is 23.3 Å². The van der Waals surface area contributed by atoms with Gasteiger partial charge in [0.05, 0.1) is 18.0 Å². The van der Waals surface area contributed by atoms with Gasteiger partial charge in [-0.25, -0.2) is 5.43 Å². The number of hydrogen-bond acceptors (Lipinski definition) is 7. The predicted octanol–water partition coefficient (Wildman–Crippen LogP) is 6.51. The van der Waals surface area contributed by atoms with Crippen molar-refractivity contribution >= 4 is 46.0 Å². The van der Waals surface area contributed by atoms with Crippen LogP contribution in [0, 0.1) is 0 Å². The van der Waals surface area contributed by atoms with Crippen LogP contribution in [0.25, 0.3) is 16.5 Å². The third-order valence-electron chi connectivity index (χ3n) is 7.00. The molecule has 9 heteroatoms. The summed E-state index contributed by atoms with van der Waals surface area (Å²) < 4.78 is 1.99. The van der Waals surface area contributed by atoms with E-state index in [1.54, 1.807) is 6.21 Å². The highest BCUT2D eigenvalue weighted by molar-refractivity contribution is 8.00. The molecule has 1 amide bonds. The van der Waals surface area contributed by atoms with Gasteiger partial charge in [0, 0.05) is 35.5 Å². The molecule has 0 aliphatic rings. The third kappa shape index (κ3) is 6.80. The van der Waals surface area contributed by atoms with E-state index in [9.17, 15) is 4.79 Å². The lowest BCUT2D eigenvalue weighted by Crippen LogP contribution is -2.27. The molecule has 42 heavy (non-hydrogen) atoms. The maximum Gasteiger partial charge on any atom is 0.253 e. The Kier molecular flexibility index (Phi) is 9.51. The second kappa shape index (κ2) is 13.8. The van der Waals surface area contributed by atoms with E-state index in [1.165, 1.54) is 22.8 Å². The number of fused-ring (bicyclic) bond motifs is 1. The molecule has 0 bridgehead atoms. The summed E-state index contributed by atoms with van der Waals surface area (Å²) in [7, 11) is 0. The number of hydrazone groups is 1. The summed E-state index contributed by atoms with van der Waals surface area (Å²) in [5.41, 5.74) is 6.71. The number of carbonyl (C=O) groups excluding carboxylic acids is 1. The fraction of sp³-hybridized carbons (Fsp3) is 0.212. The molecule has 214 valence electrons. The molecular weight excluding hydrogens is 542 g/mol. The Hall–Kier alpha value is -4.63. The number of hydrogen-bond donors (Lipinski definition) is 2. The first-order valence-corrected chi connectivity index (χ1v) is 15.0.